The van der Waals surface area contributed by atoms with Gasteiger partial charge in [0, 0.05) is 37.1 Å². The number of fused-ring (bicyclic) bond motifs is 1. The summed E-state index contributed by atoms with van der Waals surface area (Å²) in [5.74, 6) is -1.85. The number of nitrogens with zero attached hydrogens (tertiary/aromatic N) is 4. The number of aliphatic hydroxyl groups is 2. The van der Waals surface area contributed by atoms with E-state index in [0.717, 1.165) is 29.0 Å². The number of thioether (sulfide) groups is 1. The summed E-state index contributed by atoms with van der Waals surface area (Å²) in [5.41, 5.74) is 4.87. The Labute approximate surface area is 344 Å². The van der Waals surface area contributed by atoms with Crippen LogP contribution in [0.5, 0.6) is 11.5 Å². The van der Waals surface area contributed by atoms with E-state index in [-0.39, 0.29) is 65.3 Å². The number of benzene rings is 1. The molecule has 3 unspecified atom stereocenters. The van der Waals surface area contributed by atoms with Crippen molar-refractivity contribution in [3.05, 3.63) is 36.4 Å². The fourth-order valence-corrected chi connectivity index (χ4v) is 8.85. The number of phosphoric acid groups is 3. The maximum absolute atomic E-state index is 12.7. The first-order valence-corrected chi connectivity index (χ1v) is 22.9. The van der Waals surface area contributed by atoms with E-state index in [1.807, 2.05) is 0 Å². The van der Waals surface area contributed by atoms with Gasteiger partial charge in [-0.25, -0.2) is 28.6 Å². The number of aryl methyl sites for hydroxylation is 1. The molecule has 0 saturated carbocycles. The number of hydrogen-bond acceptors (Lipinski definition) is 20. The molecule has 1 aliphatic heterocycles. The number of imidazole rings is 1. The molecule has 12 N–H and O–H groups in total. The highest BCUT2D eigenvalue weighted by atomic mass is 32.2. The number of nitrogens with two attached hydrogens (primary N) is 1. The van der Waals surface area contributed by atoms with Gasteiger partial charge in [-0.3, -0.25) is 32.5 Å². The van der Waals surface area contributed by atoms with Gasteiger partial charge in [-0.05, 0) is 24.1 Å². The number of carbonyl (C=O) groups excluding carboxylic acids is 3. The Kier molecular flexibility index (Phi) is 16.8. The summed E-state index contributed by atoms with van der Waals surface area (Å²) in [6, 6.07) is 4.25. The molecule has 1 aromatic carbocycles. The molecule has 0 bridgehead atoms. The van der Waals surface area contributed by atoms with E-state index in [9.17, 15) is 68.1 Å². The van der Waals surface area contributed by atoms with Crippen LogP contribution in [0, 0.1) is 5.41 Å². The van der Waals surface area contributed by atoms with Gasteiger partial charge in [0.25, 0.3) is 0 Å². The average molecular weight is 932 g/mol. The van der Waals surface area contributed by atoms with Gasteiger partial charge in [0.05, 0.1) is 19.5 Å². The summed E-state index contributed by atoms with van der Waals surface area (Å²) >= 11 is 0.985. The van der Waals surface area contributed by atoms with Crippen LogP contribution in [0.1, 0.15) is 38.5 Å². The van der Waals surface area contributed by atoms with Gasteiger partial charge in [-0.15, -0.1) is 0 Å². The quantitative estimate of drug-likeness (QED) is 0.0350. The van der Waals surface area contributed by atoms with Crippen LogP contribution in [-0.4, -0.2) is 133 Å². The lowest BCUT2D eigenvalue weighted by atomic mass is 9.87. The molecule has 3 heterocycles. The molecule has 30 heteroatoms. The number of amides is 2. The Morgan fingerprint density at radius 1 is 1.00 bits per heavy atom. The lowest BCUT2D eigenvalue weighted by molar-refractivity contribution is -0.137. The molecular formula is C30H44N7O19P3S. The number of ether oxygens (including phenoxy) is 1. The first kappa shape index (κ1) is 49.0. The molecule has 334 valence electrons. The third-order valence-electron chi connectivity index (χ3n) is 8.42. The second kappa shape index (κ2) is 20.5. The van der Waals surface area contributed by atoms with Gasteiger partial charge in [-0.2, -0.15) is 4.31 Å². The SMILES string of the molecule is CC(C)(COP(=O)(O)OP(=O)(O)OC[C@H]1O[C@@H](n2cnc3c(N)ncnc32)[C@H](O)[C@@H]1OP(=O)(O)O)C(O)C(=O)NCCC(=O)NCCSC(=O)CCc1ccc(O)c(O)c1. The molecule has 1 aliphatic rings. The zero-order chi connectivity index (χ0) is 44.6. The minimum Gasteiger partial charge on any atom is -0.504 e. The first-order valence-electron chi connectivity index (χ1n) is 17.4. The summed E-state index contributed by atoms with van der Waals surface area (Å²) in [7, 11) is -16.4. The average Bonchev–Trinajstić information content (AvgIpc) is 3.71. The van der Waals surface area contributed by atoms with E-state index in [1.54, 1.807) is 6.07 Å². The van der Waals surface area contributed by atoms with E-state index in [4.69, 9.17) is 19.5 Å². The molecule has 3 aromatic rings. The first-order chi connectivity index (χ1) is 27.9. The van der Waals surface area contributed by atoms with Gasteiger partial charge in [-0.1, -0.05) is 31.7 Å². The lowest BCUT2D eigenvalue weighted by Crippen LogP contribution is -2.46. The third kappa shape index (κ3) is 14.2. The molecule has 2 aromatic heterocycles. The molecule has 0 spiro atoms. The largest absolute Gasteiger partial charge is 0.504 e. The van der Waals surface area contributed by atoms with E-state index in [0.29, 0.717) is 12.0 Å². The summed E-state index contributed by atoms with van der Waals surface area (Å²) in [6.07, 6.45) is -6.56. The fraction of sp³-hybridized carbons (Fsp3) is 0.533. The smallest absolute Gasteiger partial charge is 0.481 e. The summed E-state index contributed by atoms with van der Waals surface area (Å²) < 4.78 is 62.1. The normalized spacial score (nSPS) is 20.9. The van der Waals surface area contributed by atoms with Crippen LogP contribution in [0.4, 0.5) is 5.82 Å². The molecule has 1 saturated heterocycles. The van der Waals surface area contributed by atoms with Gasteiger partial charge in [0.1, 0.15) is 36.3 Å². The van der Waals surface area contributed by atoms with Crippen molar-refractivity contribution in [1.29, 1.82) is 0 Å². The maximum Gasteiger partial charge on any atom is 0.481 e. The van der Waals surface area contributed by atoms with Crippen molar-refractivity contribution < 1.29 is 90.7 Å². The van der Waals surface area contributed by atoms with Crippen LogP contribution in [0.25, 0.3) is 11.2 Å². The van der Waals surface area contributed by atoms with Crippen LogP contribution < -0.4 is 16.4 Å². The number of phenols is 2. The van der Waals surface area contributed by atoms with Crippen LogP contribution in [-0.2, 0) is 57.1 Å². The van der Waals surface area contributed by atoms with Crippen molar-refractivity contribution in [1.82, 2.24) is 30.2 Å². The van der Waals surface area contributed by atoms with Gasteiger partial charge in [0.2, 0.25) is 11.8 Å². The number of carbonyl (C=O) groups is 3. The van der Waals surface area contributed by atoms with Gasteiger partial charge >= 0.3 is 23.5 Å². The summed E-state index contributed by atoms with van der Waals surface area (Å²) in [4.78, 5) is 87.9. The van der Waals surface area contributed by atoms with Crippen molar-refractivity contribution in [3.63, 3.8) is 0 Å². The molecule has 4 rings (SSSR count). The Balaban J connectivity index is 1.19. The maximum atomic E-state index is 12.7. The number of hydrogen-bond donors (Lipinski definition) is 11. The summed E-state index contributed by atoms with van der Waals surface area (Å²) in [5, 5.41) is 45.1. The second-order valence-corrected chi connectivity index (χ2v) is 19.0. The minimum absolute atomic E-state index is 0.0215. The number of aromatic nitrogens is 4. The Bertz CT molecular complexity index is 2160. The highest BCUT2D eigenvalue weighted by Gasteiger charge is 2.50. The monoisotopic (exact) mass is 931 g/mol. The van der Waals surface area contributed by atoms with E-state index in [1.165, 1.54) is 26.0 Å². The molecular weight excluding hydrogens is 887 g/mol. The van der Waals surface area contributed by atoms with Crippen molar-refractivity contribution in [2.24, 2.45) is 5.41 Å². The molecule has 0 radical (unpaired) electrons. The summed E-state index contributed by atoms with van der Waals surface area (Å²) in [6.45, 7) is 0.307. The van der Waals surface area contributed by atoms with Crippen LogP contribution in [0.15, 0.2) is 30.9 Å². The van der Waals surface area contributed by atoms with Gasteiger partial charge < -0.3 is 61.1 Å². The standard InChI is InChI=1S/C30H44N7O19P3S/c1-30(2,25(43)28(44)33-8-7-20(40)32-9-10-60-21(41)6-4-16-3-5-17(38)18(39)11-16)13-53-59(50,51)56-58(48,49)52-12-19-24(55-57(45,46)47)23(42)29(54-19)37-15-36-22-26(31)34-14-35-27(22)37/h3,5,11,14-15,19,23-25,29,38-39,42-43H,4,6-10,12-13H2,1-2H3,(H,32,40)(H,33,44)(H,48,49)(H,50,51)(H2,31,34,35)(H2,45,46,47)/t19-,23-,24-,25?,29-/m1/s1. The van der Waals surface area contributed by atoms with Crippen LogP contribution in [0.2, 0.25) is 0 Å². The number of aliphatic hydroxyl groups excluding tert-OH is 2. The van der Waals surface area contributed by atoms with Crippen LogP contribution >= 0.6 is 35.2 Å². The Morgan fingerprint density at radius 3 is 2.38 bits per heavy atom. The molecule has 2 amide bonds. The highest BCUT2D eigenvalue weighted by molar-refractivity contribution is 8.13. The van der Waals surface area contributed by atoms with Crippen LogP contribution in [0.3, 0.4) is 0 Å². The van der Waals surface area contributed by atoms with Gasteiger partial charge in [0.15, 0.2) is 34.3 Å². The number of nitrogens with one attached hydrogen (secondary N) is 2. The molecule has 0 aliphatic carbocycles. The number of phenolic OH excluding ortho intramolecular Hbond substituents is 2. The van der Waals surface area contributed by atoms with Crippen molar-refractivity contribution >= 4 is 69.1 Å². The Morgan fingerprint density at radius 2 is 1.70 bits per heavy atom. The zero-order valence-electron chi connectivity index (χ0n) is 31.6. The van der Waals surface area contributed by atoms with E-state index >= 15 is 0 Å². The predicted octanol–water partition coefficient (Wildman–Crippen LogP) is -0.291. The number of phosphoric ester groups is 3. The molecule has 26 nitrogen and oxygen atoms in total. The van der Waals surface area contributed by atoms with E-state index < -0.39 is 84.6 Å². The minimum atomic E-state index is -5.59. The molecule has 7 atom stereocenters. The van der Waals surface area contributed by atoms with E-state index in [2.05, 4.69) is 34.4 Å². The molecule has 60 heavy (non-hydrogen) atoms. The number of rotatable bonds is 22. The fourth-order valence-electron chi connectivity index (χ4n) is 5.34. The van der Waals surface area contributed by atoms with Crippen molar-refractivity contribution in [2.45, 2.75) is 63.8 Å². The highest BCUT2D eigenvalue weighted by Crippen LogP contribution is 2.61. The number of anilines is 1. The number of aromatic hydroxyl groups is 2. The number of nitrogen functional groups attached to an aromatic ring is 1. The lowest BCUT2D eigenvalue weighted by Gasteiger charge is -2.30. The Hall–Kier alpha value is -3.62. The predicted molar refractivity (Wildman–Crippen MR) is 205 cm³/mol. The van der Waals surface area contributed by atoms with Crippen molar-refractivity contribution in [3.8, 4) is 11.5 Å². The third-order valence-corrected chi connectivity index (χ3v) is 12.5. The zero-order valence-corrected chi connectivity index (χ0v) is 35.1. The van der Waals surface area contributed by atoms with Crippen molar-refractivity contribution in [2.75, 3.05) is 37.8 Å². The molecule has 1 fully saturated rings. The second-order valence-electron chi connectivity index (χ2n) is 13.6. The topological polar surface area (TPSA) is 404 Å².